The van der Waals surface area contributed by atoms with E-state index in [-0.39, 0.29) is 30.4 Å². The van der Waals surface area contributed by atoms with Crippen molar-refractivity contribution < 1.29 is 0 Å². The maximum atomic E-state index is 11.2. The first-order valence-electron chi connectivity index (χ1n) is 3.94. The van der Waals surface area contributed by atoms with Crippen molar-refractivity contribution >= 4 is 30.5 Å². The van der Waals surface area contributed by atoms with Gasteiger partial charge in [0.1, 0.15) is 5.82 Å². The minimum atomic E-state index is -0.238. The number of hydrogen-bond donors (Lipinski definition) is 2. The van der Waals surface area contributed by atoms with Gasteiger partial charge in [0.2, 0.25) is 5.65 Å². The van der Waals surface area contributed by atoms with Crippen molar-refractivity contribution in [2.24, 2.45) is 5.73 Å². The van der Waals surface area contributed by atoms with Crippen molar-refractivity contribution in [3.05, 3.63) is 28.6 Å². The second-order valence-corrected chi connectivity index (χ2v) is 2.64. The van der Waals surface area contributed by atoms with Gasteiger partial charge in [-0.1, -0.05) is 0 Å². The van der Waals surface area contributed by atoms with Gasteiger partial charge in [-0.05, 0) is 6.54 Å². The number of halogens is 2. The number of nitrogens with zero attached hydrogens (tertiary/aromatic N) is 3. The van der Waals surface area contributed by atoms with Crippen LogP contribution in [0.3, 0.4) is 0 Å². The fourth-order valence-corrected chi connectivity index (χ4v) is 1.19. The monoisotopic (exact) mass is 251 g/mol. The predicted octanol–water partition coefficient (Wildman–Crippen LogP) is -0.238. The standard InChI is InChI=1S/C7H9N5O.2ClH/c8-2-1-5-10-11-6-7(13)9-3-4-12(5)6;;/h3-4H,1-2,8H2,(H,9,13);2*1H. The second-order valence-electron chi connectivity index (χ2n) is 2.64. The lowest BCUT2D eigenvalue weighted by Crippen LogP contribution is -2.11. The Morgan fingerprint density at radius 1 is 1.40 bits per heavy atom. The first-order chi connectivity index (χ1) is 6.33. The van der Waals surface area contributed by atoms with Crippen LogP contribution >= 0.6 is 24.8 Å². The van der Waals surface area contributed by atoms with Crippen molar-refractivity contribution in [3.8, 4) is 0 Å². The van der Waals surface area contributed by atoms with Gasteiger partial charge >= 0.3 is 0 Å². The molecule has 0 bridgehead atoms. The Balaban J connectivity index is 0.000000980. The molecule has 84 valence electrons. The quantitative estimate of drug-likeness (QED) is 0.772. The molecule has 0 amide bonds. The molecule has 0 saturated carbocycles. The highest BCUT2D eigenvalue weighted by Gasteiger charge is 2.05. The minimum Gasteiger partial charge on any atom is -0.330 e. The zero-order valence-electron chi connectivity index (χ0n) is 7.71. The Morgan fingerprint density at radius 3 is 2.80 bits per heavy atom. The molecule has 0 spiro atoms. The van der Waals surface area contributed by atoms with E-state index < -0.39 is 0 Å². The highest BCUT2D eigenvalue weighted by Crippen LogP contribution is 1.96. The van der Waals surface area contributed by atoms with Crippen molar-refractivity contribution in [3.63, 3.8) is 0 Å². The highest BCUT2D eigenvalue weighted by atomic mass is 35.5. The third-order valence-corrected chi connectivity index (χ3v) is 1.78. The lowest BCUT2D eigenvalue weighted by molar-refractivity contribution is 0.846. The predicted molar refractivity (Wildman–Crippen MR) is 60.9 cm³/mol. The third-order valence-electron chi connectivity index (χ3n) is 1.78. The Kier molecular flexibility index (Phi) is 5.27. The number of hydrogen-bond acceptors (Lipinski definition) is 4. The van der Waals surface area contributed by atoms with E-state index in [0.29, 0.717) is 24.4 Å². The molecule has 0 aromatic carbocycles. The molecular weight excluding hydrogens is 241 g/mol. The van der Waals surface area contributed by atoms with Crippen LogP contribution in [0.4, 0.5) is 0 Å². The molecule has 8 heteroatoms. The van der Waals surface area contributed by atoms with Gasteiger partial charge < -0.3 is 10.7 Å². The van der Waals surface area contributed by atoms with Crippen LogP contribution in [0, 0.1) is 0 Å². The summed E-state index contributed by atoms with van der Waals surface area (Å²) >= 11 is 0. The summed E-state index contributed by atoms with van der Waals surface area (Å²) in [5.74, 6) is 0.712. The normalized spacial score (nSPS) is 9.40. The van der Waals surface area contributed by atoms with E-state index in [0.717, 1.165) is 0 Å². The first-order valence-corrected chi connectivity index (χ1v) is 3.94. The summed E-state index contributed by atoms with van der Waals surface area (Å²) in [7, 11) is 0. The lowest BCUT2D eigenvalue weighted by Gasteiger charge is -1.94. The summed E-state index contributed by atoms with van der Waals surface area (Å²) in [6, 6.07) is 0. The zero-order valence-corrected chi connectivity index (χ0v) is 9.35. The maximum Gasteiger partial charge on any atom is 0.293 e. The van der Waals surface area contributed by atoms with Crippen molar-refractivity contribution in [1.29, 1.82) is 0 Å². The molecule has 3 N–H and O–H groups in total. The summed E-state index contributed by atoms with van der Waals surface area (Å²) in [6.45, 7) is 0.494. The first kappa shape index (κ1) is 13.9. The molecule has 2 rings (SSSR count). The molecule has 0 unspecified atom stereocenters. The van der Waals surface area contributed by atoms with E-state index in [4.69, 9.17) is 5.73 Å². The van der Waals surface area contributed by atoms with Crippen molar-refractivity contribution in [2.45, 2.75) is 6.42 Å². The van der Waals surface area contributed by atoms with Gasteiger partial charge in [-0.15, -0.1) is 35.0 Å². The van der Waals surface area contributed by atoms with Crippen molar-refractivity contribution in [1.82, 2.24) is 19.6 Å². The molecule has 0 aliphatic carbocycles. The molecule has 0 atom stereocenters. The number of aromatic amines is 1. The van der Waals surface area contributed by atoms with E-state index in [1.165, 1.54) is 0 Å². The van der Waals surface area contributed by atoms with Gasteiger partial charge in [-0.3, -0.25) is 9.20 Å². The fourth-order valence-electron chi connectivity index (χ4n) is 1.19. The highest BCUT2D eigenvalue weighted by molar-refractivity contribution is 5.85. The summed E-state index contributed by atoms with van der Waals surface area (Å²) in [5, 5.41) is 7.61. The number of rotatable bonds is 2. The second kappa shape index (κ2) is 5.69. The van der Waals surface area contributed by atoms with Crippen LogP contribution in [0.25, 0.3) is 5.65 Å². The van der Waals surface area contributed by atoms with Gasteiger partial charge in [-0.25, -0.2) is 0 Å². The van der Waals surface area contributed by atoms with Gasteiger partial charge in [0.25, 0.3) is 5.56 Å². The van der Waals surface area contributed by atoms with Crippen molar-refractivity contribution in [2.75, 3.05) is 6.54 Å². The molecule has 0 fully saturated rings. The topological polar surface area (TPSA) is 89.1 Å². The van der Waals surface area contributed by atoms with E-state index in [9.17, 15) is 4.79 Å². The number of fused-ring (bicyclic) bond motifs is 1. The van der Waals surface area contributed by atoms with Crippen LogP contribution in [0.5, 0.6) is 0 Å². The van der Waals surface area contributed by atoms with Crippen LogP contribution in [0.2, 0.25) is 0 Å². The van der Waals surface area contributed by atoms with Crippen LogP contribution in [0.1, 0.15) is 5.82 Å². The van der Waals surface area contributed by atoms with E-state index in [1.54, 1.807) is 16.8 Å². The molecule has 0 saturated heterocycles. The largest absolute Gasteiger partial charge is 0.330 e. The average molecular weight is 252 g/mol. The Labute approximate surface area is 97.7 Å². The molecule has 0 radical (unpaired) electrons. The maximum absolute atomic E-state index is 11.2. The number of aromatic nitrogens is 4. The van der Waals surface area contributed by atoms with E-state index in [1.807, 2.05) is 0 Å². The smallest absolute Gasteiger partial charge is 0.293 e. The van der Waals surface area contributed by atoms with Crippen LogP contribution in [0.15, 0.2) is 17.2 Å². The summed E-state index contributed by atoms with van der Waals surface area (Å²) < 4.78 is 1.64. The van der Waals surface area contributed by atoms with Crippen LogP contribution < -0.4 is 11.3 Å². The van der Waals surface area contributed by atoms with Gasteiger partial charge in [0.05, 0.1) is 0 Å². The molecule has 15 heavy (non-hydrogen) atoms. The van der Waals surface area contributed by atoms with Gasteiger partial charge in [-0.2, -0.15) is 0 Å². The minimum absolute atomic E-state index is 0. The number of nitrogens with two attached hydrogens (primary N) is 1. The molecular formula is C7H11Cl2N5O. The molecule has 0 aliphatic heterocycles. The van der Waals surface area contributed by atoms with Crippen LogP contribution in [-0.2, 0) is 6.42 Å². The zero-order chi connectivity index (χ0) is 9.26. The van der Waals surface area contributed by atoms with E-state index >= 15 is 0 Å². The molecule has 2 heterocycles. The average Bonchev–Trinajstić information content (AvgIpc) is 2.51. The lowest BCUT2D eigenvalue weighted by atomic mass is 10.4. The third kappa shape index (κ3) is 2.47. The van der Waals surface area contributed by atoms with E-state index in [2.05, 4.69) is 15.2 Å². The molecule has 2 aromatic rings. The van der Waals surface area contributed by atoms with Crippen LogP contribution in [-0.4, -0.2) is 26.1 Å². The Bertz CT molecular complexity index is 479. The number of nitrogens with one attached hydrogen (secondary N) is 1. The SMILES string of the molecule is Cl.Cl.NCCc1nnc2c(=O)[nH]ccn12. The fraction of sp³-hybridized carbons (Fsp3) is 0.286. The molecule has 0 aliphatic rings. The van der Waals surface area contributed by atoms with Gasteiger partial charge in [0, 0.05) is 18.8 Å². The summed E-state index contributed by atoms with van der Waals surface area (Å²) in [4.78, 5) is 13.7. The van der Waals surface area contributed by atoms with Gasteiger partial charge in [0.15, 0.2) is 0 Å². The molecule has 6 nitrogen and oxygen atoms in total. The Morgan fingerprint density at radius 2 is 2.13 bits per heavy atom. The Hall–Kier alpha value is -1.11. The summed E-state index contributed by atoms with van der Waals surface area (Å²) in [5.41, 5.74) is 5.46. The number of H-pyrrole nitrogens is 1. The molecule has 2 aromatic heterocycles. The summed E-state index contributed by atoms with van der Waals surface area (Å²) in [6.07, 6.45) is 3.88.